The van der Waals surface area contributed by atoms with Crippen LogP contribution < -0.4 is 5.32 Å². The Morgan fingerprint density at radius 2 is 2.31 bits per heavy atom. The molecule has 0 fully saturated rings. The first-order valence-corrected chi connectivity index (χ1v) is 4.08. The predicted molar refractivity (Wildman–Crippen MR) is 47.0 cm³/mol. The van der Waals surface area contributed by atoms with Gasteiger partial charge in [-0.2, -0.15) is 0 Å². The van der Waals surface area contributed by atoms with E-state index in [-0.39, 0.29) is 6.61 Å². The van der Waals surface area contributed by atoms with Crippen LogP contribution in [0.4, 0.5) is 10.2 Å². The Morgan fingerprint density at radius 3 is 3.00 bits per heavy atom. The molecule has 13 heavy (non-hydrogen) atoms. The van der Waals surface area contributed by atoms with Crippen LogP contribution in [0.5, 0.6) is 0 Å². The van der Waals surface area contributed by atoms with Gasteiger partial charge < -0.3 is 10.4 Å². The van der Waals surface area contributed by atoms with Gasteiger partial charge >= 0.3 is 0 Å². The molecule has 0 bridgehead atoms. The number of alkyl halides is 1. The van der Waals surface area contributed by atoms with E-state index in [1.165, 1.54) is 6.33 Å². The van der Waals surface area contributed by atoms with E-state index in [1.807, 2.05) is 0 Å². The summed E-state index contributed by atoms with van der Waals surface area (Å²) in [5.74, 6) is 0.594. The van der Waals surface area contributed by atoms with Crippen LogP contribution in [-0.2, 0) is 6.67 Å². The maximum absolute atomic E-state index is 12.1. The van der Waals surface area contributed by atoms with Gasteiger partial charge in [0, 0.05) is 19.2 Å². The summed E-state index contributed by atoms with van der Waals surface area (Å²) in [6.45, 7) is 0.171. The second-order valence-corrected chi connectivity index (χ2v) is 2.53. The van der Waals surface area contributed by atoms with Crippen LogP contribution in [0.25, 0.3) is 0 Å². The number of nitrogens with one attached hydrogen (secondary N) is 1. The highest BCUT2D eigenvalue weighted by Crippen LogP contribution is 2.04. The fourth-order valence-electron chi connectivity index (χ4n) is 0.863. The van der Waals surface area contributed by atoms with E-state index in [9.17, 15) is 4.39 Å². The minimum atomic E-state index is -0.586. The monoisotopic (exact) mass is 185 g/mol. The normalized spacial score (nSPS) is 10.0. The van der Waals surface area contributed by atoms with E-state index in [4.69, 9.17) is 5.11 Å². The number of aliphatic hydroxyl groups is 1. The molecule has 0 atom stereocenters. The molecule has 0 aromatic carbocycles. The highest BCUT2D eigenvalue weighted by atomic mass is 19.1. The lowest BCUT2D eigenvalue weighted by molar-refractivity contribution is 0.292. The molecule has 0 saturated carbocycles. The van der Waals surface area contributed by atoms with Gasteiger partial charge in [0.2, 0.25) is 0 Å². The summed E-state index contributed by atoms with van der Waals surface area (Å²) < 4.78 is 12.1. The molecule has 2 N–H and O–H groups in total. The van der Waals surface area contributed by atoms with Crippen LogP contribution in [0.3, 0.4) is 0 Å². The third-order valence-corrected chi connectivity index (χ3v) is 1.50. The molecule has 0 saturated heterocycles. The van der Waals surface area contributed by atoms with Crippen molar-refractivity contribution in [2.75, 3.05) is 18.5 Å². The summed E-state index contributed by atoms with van der Waals surface area (Å²) in [4.78, 5) is 7.60. The molecule has 4 nitrogen and oxygen atoms in total. The van der Waals surface area contributed by atoms with E-state index in [0.29, 0.717) is 24.5 Å². The lowest BCUT2D eigenvalue weighted by Crippen LogP contribution is -2.05. The van der Waals surface area contributed by atoms with E-state index >= 15 is 0 Å². The van der Waals surface area contributed by atoms with E-state index in [2.05, 4.69) is 15.3 Å². The topological polar surface area (TPSA) is 58.0 Å². The number of halogens is 1. The molecule has 0 amide bonds. The Morgan fingerprint density at radius 1 is 1.46 bits per heavy atom. The van der Waals surface area contributed by atoms with Crippen molar-refractivity contribution < 1.29 is 9.50 Å². The van der Waals surface area contributed by atoms with Crippen LogP contribution in [0.15, 0.2) is 12.4 Å². The number of hydrogen-bond donors (Lipinski definition) is 2. The zero-order valence-corrected chi connectivity index (χ0v) is 7.20. The smallest absolute Gasteiger partial charge is 0.132 e. The van der Waals surface area contributed by atoms with Crippen LogP contribution in [0.1, 0.15) is 12.1 Å². The average molecular weight is 185 g/mol. The molecule has 0 unspecified atom stereocenters. The van der Waals surface area contributed by atoms with Crippen LogP contribution in [0.2, 0.25) is 0 Å². The molecule has 1 aromatic rings. The summed E-state index contributed by atoms with van der Waals surface area (Å²) in [7, 11) is 0. The van der Waals surface area contributed by atoms with Crippen molar-refractivity contribution in [2.24, 2.45) is 0 Å². The second kappa shape index (κ2) is 5.42. The van der Waals surface area contributed by atoms with E-state index < -0.39 is 6.67 Å². The SMILES string of the molecule is OCCCNc1cc(CF)ncn1. The second-order valence-electron chi connectivity index (χ2n) is 2.53. The lowest BCUT2D eigenvalue weighted by atomic mass is 10.4. The molecule has 1 aromatic heterocycles. The highest BCUT2D eigenvalue weighted by molar-refractivity contribution is 5.34. The molecule has 1 rings (SSSR count). The minimum absolute atomic E-state index is 0.133. The zero-order valence-electron chi connectivity index (χ0n) is 7.20. The largest absolute Gasteiger partial charge is 0.396 e. The molecular weight excluding hydrogens is 173 g/mol. The maximum Gasteiger partial charge on any atom is 0.132 e. The molecule has 0 aliphatic rings. The fraction of sp³-hybridized carbons (Fsp3) is 0.500. The number of hydrogen-bond acceptors (Lipinski definition) is 4. The van der Waals surface area contributed by atoms with Crippen molar-refractivity contribution in [1.82, 2.24) is 9.97 Å². The Bertz CT molecular complexity index is 257. The first kappa shape index (κ1) is 9.85. The van der Waals surface area contributed by atoms with Gasteiger partial charge in [-0.25, -0.2) is 14.4 Å². The van der Waals surface area contributed by atoms with Gasteiger partial charge in [0.15, 0.2) is 0 Å². The summed E-state index contributed by atoms with van der Waals surface area (Å²) in [5.41, 5.74) is 0.362. The number of anilines is 1. The Balaban J connectivity index is 2.46. The van der Waals surface area contributed by atoms with Crippen molar-refractivity contribution in [3.8, 4) is 0 Å². The van der Waals surface area contributed by atoms with Gasteiger partial charge in [-0.3, -0.25) is 0 Å². The fourth-order valence-corrected chi connectivity index (χ4v) is 0.863. The van der Waals surface area contributed by atoms with Crippen LogP contribution in [-0.4, -0.2) is 28.2 Å². The number of aliphatic hydroxyl groups excluding tert-OH is 1. The number of aromatic nitrogens is 2. The number of nitrogens with zero attached hydrogens (tertiary/aromatic N) is 2. The molecule has 0 aliphatic heterocycles. The van der Waals surface area contributed by atoms with Crippen molar-refractivity contribution in [3.63, 3.8) is 0 Å². The molecule has 0 aliphatic carbocycles. The molecular formula is C8H12FN3O. The van der Waals surface area contributed by atoms with Gasteiger partial charge in [-0.1, -0.05) is 0 Å². The third kappa shape index (κ3) is 3.33. The summed E-state index contributed by atoms with van der Waals surface area (Å²) in [6.07, 6.45) is 1.96. The van der Waals surface area contributed by atoms with Crippen molar-refractivity contribution in [1.29, 1.82) is 0 Å². The summed E-state index contributed by atoms with van der Waals surface area (Å²) >= 11 is 0. The minimum Gasteiger partial charge on any atom is -0.396 e. The lowest BCUT2D eigenvalue weighted by Gasteiger charge is -2.03. The first-order valence-electron chi connectivity index (χ1n) is 4.08. The molecule has 1 heterocycles. The summed E-state index contributed by atoms with van der Waals surface area (Å²) in [5, 5.41) is 11.5. The van der Waals surface area contributed by atoms with Crippen LogP contribution in [0, 0.1) is 0 Å². The molecule has 72 valence electrons. The Kier molecular flexibility index (Phi) is 4.11. The van der Waals surface area contributed by atoms with Crippen molar-refractivity contribution in [2.45, 2.75) is 13.1 Å². The summed E-state index contributed by atoms with van der Waals surface area (Å²) in [6, 6.07) is 1.55. The number of rotatable bonds is 5. The van der Waals surface area contributed by atoms with Gasteiger partial charge in [-0.15, -0.1) is 0 Å². The van der Waals surface area contributed by atoms with Crippen molar-refractivity contribution in [3.05, 3.63) is 18.1 Å². The third-order valence-electron chi connectivity index (χ3n) is 1.50. The van der Waals surface area contributed by atoms with Gasteiger partial charge in [-0.05, 0) is 6.42 Å². The van der Waals surface area contributed by atoms with Gasteiger partial charge in [0.05, 0.1) is 5.69 Å². The average Bonchev–Trinajstić information content (AvgIpc) is 2.19. The Hall–Kier alpha value is -1.23. The quantitative estimate of drug-likeness (QED) is 0.664. The van der Waals surface area contributed by atoms with Gasteiger partial charge in [0.25, 0.3) is 0 Å². The zero-order chi connectivity index (χ0) is 9.52. The predicted octanol–water partition coefficient (Wildman–Crippen LogP) is 0.740. The standard InChI is InChI=1S/C8H12FN3O/c9-5-7-4-8(12-6-11-7)10-2-1-3-13/h4,6,13H,1-3,5H2,(H,10,11,12). The molecule has 5 heteroatoms. The van der Waals surface area contributed by atoms with Gasteiger partial charge in [0.1, 0.15) is 18.8 Å². The molecule has 0 radical (unpaired) electrons. The molecule has 0 spiro atoms. The maximum atomic E-state index is 12.1. The van der Waals surface area contributed by atoms with E-state index in [0.717, 1.165) is 0 Å². The highest BCUT2D eigenvalue weighted by Gasteiger charge is 1.96. The van der Waals surface area contributed by atoms with E-state index in [1.54, 1.807) is 6.07 Å². The Labute approximate surface area is 75.8 Å². The van der Waals surface area contributed by atoms with Crippen LogP contribution >= 0.6 is 0 Å². The van der Waals surface area contributed by atoms with Crippen molar-refractivity contribution >= 4 is 5.82 Å². The first-order chi connectivity index (χ1) is 6.36.